The number of amides is 1. The van der Waals surface area contributed by atoms with Crippen molar-refractivity contribution >= 4 is 5.91 Å². The molecule has 0 aromatic rings. The van der Waals surface area contributed by atoms with Crippen molar-refractivity contribution in [3.63, 3.8) is 0 Å². The van der Waals surface area contributed by atoms with E-state index < -0.39 is 0 Å². The number of carbonyl (C=O) groups excluding carboxylic acids is 1. The number of nitrogens with one attached hydrogen (secondary N) is 2. The quantitative estimate of drug-likeness (QED) is 0.513. The summed E-state index contributed by atoms with van der Waals surface area (Å²) in [6.45, 7) is 4.07. The molecule has 2 saturated carbocycles. The van der Waals surface area contributed by atoms with Crippen LogP contribution in [0.25, 0.3) is 0 Å². The molecule has 0 aromatic carbocycles. The monoisotopic (exact) mass is 320 g/mol. The smallest absolute Gasteiger partial charge is 0.220 e. The molecule has 0 unspecified atom stereocenters. The first kappa shape index (κ1) is 18.4. The molecule has 132 valence electrons. The van der Waals surface area contributed by atoms with Gasteiger partial charge in [0.05, 0.1) is 0 Å². The van der Waals surface area contributed by atoms with E-state index in [4.69, 9.17) is 0 Å². The lowest BCUT2D eigenvalue weighted by atomic mass is 9.82. The second-order valence-corrected chi connectivity index (χ2v) is 7.36. The first-order chi connectivity index (χ1) is 11.3. The van der Waals surface area contributed by atoms with Gasteiger partial charge in [-0.1, -0.05) is 44.6 Å². The van der Waals surface area contributed by atoms with Gasteiger partial charge in [-0.2, -0.15) is 0 Å². The predicted octanol–water partition coefficient (Wildman–Crippen LogP) is 4.68. The van der Waals surface area contributed by atoms with Crippen LogP contribution >= 0.6 is 0 Å². The summed E-state index contributed by atoms with van der Waals surface area (Å²) >= 11 is 0. The van der Waals surface area contributed by atoms with E-state index in [0.29, 0.717) is 0 Å². The van der Waals surface area contributed by atoms with Crippen LogP contribution in [0.3, 0.4) is 0 Å². The van der Waals surface area contributed by atoms with Gasteiger partial charge in [0.1, 0.15) is 0 Å². The van der Waals surface area contributed by atoms with Crippen molar-refractivity contribution in [3.05, 3.63) is 11.3 Å². The second-order valence-electron chi connectivity index (χ2n) is 7.36. The molecular formula is C20H36N2O. The van der Waals surface area contributed by atoms with Crippen molar-refractivity contribution in [1.29, 1.82) is 0 Å². The van der Waals surface area contributed by atoms with E-state index in [1.54, 1.807) is 5.57 Å². The van der Waals surface area contributed by atoms with E-state index in [1.807, 2.05) is 0 Å². The minimum Gasteiger partial charge on any atom is -0.388 e. The number of unbranched alkanes of at least 4 members (excludes halogenated alkanes) is 2. The maximum atomic E-state index is 11.8. The Morgan fingerprint density at radius 2 is 1.78 bits per heavy atom. The second kappa shape index (κ2) is 10.7. The van der Waals surface area contributed by atoms with Gasteiger partial charge in [0, 0.05) is 25.2 Å². The molecule has 2 rings (SSSR count). The number of carbonyl (C=O) groups is 1. The normalized spacial score (nSPS) is 17.3. The Hall–Kier alpha value is -0.990. The maximum Gasteiger partial charge on any atom is 0.220 e. The van der Waals surface area contributed by atoms with Crippen LogP contribution in [0.15, 0.2) is 11.3 Å². The highest BCUT2D eigenvalue weighted by atomic mass is 16.1. The van der Waals surface area contributed by atoms with E-state index in [0.717, 1.165) is 38.3 Å². The molecule has 0 aliphatic heterocycles. The van der Waals surface area contributed by atoms with Crippen LogP contribution in [0.5, 0.6) is 0 Å². The van der Waals surface area contributed by atoms with E-state index in [2.05, 4.69) is 17.6 Å². The highest BCUT2D eigenvalue weighted by molar-refractivity contribution is 5.75. The van der Waals surface area contributed by atoms with Crippen LogP contribution in [-0.2, 0) is 4.79 Å². The van der Waals surface area contributed by atoms with E-state index in [9.17, 15) is 4.79 Å². The molecule has 0 bridgehead atoms. The van der Waals surface area contributed by atoms with Gasteiger partial charge in [-0.15, -0.1) is 0 Å². The molecule has 0 heterocycles. The van der Waals surface area contributed by atoms with Gasteiger partial charge in [-0.3, -0.25) is 4.79 Å². The molecule has 2 aliphatic rings. The fourth-order valence-corrected chi connectivity index (χ4v) is 3.36. The fourth-order valence-electron chi connectivity index (χ4n) is 3.36. The lowest BCUT2D eigenvalue weighted by molar-refractivity contribution is -0.121. The predicted molar refractivity (Wildman–Crippen MR) is 97.2 cm³/mol. The molecule has 3 heteroatoms. The van der Waals surface area contributed by atoms with Crippen LogP contribution in [0.4, 0.5) is 0 Å². The Labute approximate surface area is 142 Å². The zero-order valence-electron chi connectivity index (χ0n) is 15.1. The molecule has 23 heavy (non-hydrogen) atoms. The molecule has 0 radical (unpaired) electrons. The standard InChI is InChI=1S/C20H36N2O/c1-2-3-4-12-19(18-10-6-11-18)21-15-7-16-22-20(23)14-13-17-8-5-9-17/h17,21H,2-16H2,1H3,(H,22,23). The van der Waals surface area contributed by atoms with Gasteiger partial charge < -0.3 is 10.6 Å². The Balaban J connectivity index is 1.51. The summed E-state index contributed by atoms with van der Waals surface area (Å²) in [5, 5.41) is 6.73. The lowest BCUT2D eigenvalue weighted by Crippen LogP contribution is -2.28. The van der Waals surface area contributed by atoms with Crippen molar-refractivity contribution in [2.24, 2.45) is 5.92 Å². The van der Waals surface area contributed by atoms with E-state index >= 15 is 0 Å². The molecule has 3 nitrogen and oxygen atoms in total. The van der Waals surface area contributed by atoms with Crippen LogP contribution in [-0.4, -0.2) is 19.0 Å². The van der Waals surface area contributed by atoms with Gasteiger partial charge in [-0.25, -0.2) is 0 Å². The summed E-state index contributed by atoms with van der Waals surface area (Å²) in [6.07, 6.45) is 16.0. The van der Waals surface area contributed by atoms with Crippen molar-refractivity contribution in [2.75, 3.05) is 13.1 Å². The van der Waals surface area contributed by atoms with Gasteiger partial charge in [0.25, 0.3) is 0 Å². The van der Waals surface area contributed by atoms with Gasteiger partial charge in [0.2, 0.25) is 5.91 Å². The zero-order chi connectivity index (χ0) is 16.3. The summed E-state index contributed by atoms with van der Waals surface area (Å²) < 4.78 is 0. The first-order valence-electron chi connectivity index (χ1n) is 10.0. The Bertz CT molecular complexity index is 379. The highest BCUT2D eigenvalue weighted by Crippen LogP contribution is 2.30. The van der Waals surface area contributed by atoms with Crippen LogP contribution < -0.4 is 10.6 Å². The third kappa shape index (κ3) is 6.97. The van der Waals surface area contributed by atoms with Crippen molar-refractivity contribution in [2.45, 2.75) is 90.4 Å². The molecule has 2 N–H and O–H groups in total. The SMILES string of the molecule is CCCCCC(NCCCNC(=O)CCC1CCC1)=C1CCC1. The topological polar surface area (TPSA) is 41.1 Å². The van der Waals surface area contributed by atoms with Gasteiger partial charge in [0.15, 0.2) is 0 Å². The third-order valence-corrected chi connectivity index (χ3v) is 5.43. The Morgan fingerprint density at radius 1 is 1.00 bits per heavy atom. The van der Waals surface area contributed by atoms with Crippen LogP contribution in [0.1, 0.15) is 90.4 Å². The van der Waals surface area contributed by atoms with Crippen molar-refractivity contribution in [1.82, 2.24) is 10.6 Å². The van der Waals surface area contributed by atoms with E-state index in [-0.39, 0.29) is 5.91 Å². The largest absolute Gasteiger partial charge is 0.388 e. The molecule has 2 aliphatic carbocycles. The van der Waals surface area contributed by atoms with E-state index in [1.165, 1.54) is 69.9 Å². The average molecular weight is 321 g/mol. The molecule has 0 atom stereocenters. The summed E-state index contributed by atoms with van der Waals surface area (Å²) in [5.74, 6) is 1.08. The minimum atomic E-state index is 0.248. The number of rotatable bonds is 12. The number of hydrogen-bond donors (Lipinski definition) is 2. The first-order valence-corrected chi connectivity index (χ1v) is 10.0. The fraction of sp³-hybridized carbons (Fsp3) is 0.850. The minimum absolute atomic E-state index is 0.248. The van der Waals surface area contributed by atoms with Crippen LogP contribution in [0.2, 0.25) is 0 Å². The Kier molecular flexibility index (Phi) is 8.55. The zero-order valence-corrected chi connectivity index (χ0v) is 15.1. The van der Waals surface area contributed by atoms with Gasteiger partial charge >= 0.3 is 0 Å². The summed E-state index contributed by atoms with van der Waals surface area (Å²) in [7, 11) is 0. The third-order valence-electron chi connectivity index (χ3n) is 5.43. The molecule has 2 fully saturated rings. The van der Waals surface area contributed by atoms with Gasteiger partial charge in [-0.05, 0) is 50.9 Å². The summed E-state index contributed by atoms with van der Waals surface area (Å²) in [6, 6.07) is 0. The van der Waals surface area contributed by atoms with Crippen molar-refractivity contribution in [3.8, 4) is 0 Å². The molecule has 0 spiro atoms. The molecule has 0 saturated heterocycles. The molecule has 1 amide bonds. The number of hydrogen-bond acceptors (Lipinski definition) is 2. The highest BCUT2D eigenvalue weighted by Gasteiger charge is 2.18. The summed E-state index contributed by atoms with van der Waals surface area (Å²) in [4.78, 5) is 11.8. The van der Waals surface area contributed by atoms with Crippen molar-refractivity contribution < 1.29 is 4.79 Å². The molecular weight excluding hydrogens is 284 g/mol. The summed E-state index contributed by atoms with van der Waals surface area (Å²) in [5.41, 5.74) is 3.17. The lowest BCUT2D eigenvalue weighted by Gasteiger charge is -2.24. The Morgan fingerprint density at radius 3 is 2.39 bits per heavy atom. The average Bonchev–Trinajstić information content (AvgIpc) is 2.43. The maximum absolute atomic E-state index is 11.8. The number of allylic oxidation sites excluding steroid dienone is 2. The molecule has 0 aromatic heterocycles. The van der Waals surface area contributed by atoms with Crippen LogP contribution in [0, 0.1) is 5.92 Å².